The molecular weight excluding hydrogens is 557 g/mol. The van der Waals surface area contributed by atoms with Gasteiger partial charge in [-0.25, -0.2) is 12.8 Å². The molecule has 11 heteroatoms. The van der Waals surface area contributed by atoms with Crippen LogP contribution in [0.3, 0.4) is 0 Å². The highest BCUT2D eigenvalue weighted by Crippen LogP contribution is 2.35. The van der Waals surface area contributed by atoms with Gasteiger partial charge in [0.25, 0.3) is 10.0 Å². The Morgan fingerprint density at radius 1 is 1.00 bits per heavy atom. The molecule has 0 aliphatic carbocycles. The predicted molar refractivity (Wildman–Crippen MR) is 153 cm³/mol. The fourth-order valence-electron chi connectivity index (χ4n) is 3.98. The first-order valence-electron chi connectivity index (χ1n) is 12.6. The number of nitrogens with one attached hydrogen (secondary N) is 1. The maximum atomic E-state index is 14.0. The molecule has 2 amide bonds. The van der Waals surface area contributed by atoms with Crippen molar-refractivity contribution in [1.29, 1.82) is 0 Å². The largest absolute Gasteiger partial charge is 0.495 e. The van der Waals surface area contributed by atoms with Crippen molar-refractivity contribution < 1.29 is 27.1 Å². The van der Waals surface area contributed by atoms with Crippen LogP contribution in [0.5, 0.6) is 5.75 Å². The number of methoxy groups -OCH3 is 1. The summed E-state index contributed by atoms with van der Waals surface area (Å²) < 4.78 is 47.8. The summed E-state index contributed by atoms with van der Waals surface area (Å²) in [5.41, 5.74) is 1.48. The molecule has 1 N–H and O–H groups in total. The summed E-state index contributed by atoms with van der Waals surface area (Å²) in [5.74, 6) is -1.34. The van der Waals surface area contributed by atoms with E-state index >= 15 is 0 Å². The number of hydrogen-bond acceptors (Lipinski definition) is 5. The number of carbonyl (C=O) groups excluding carboxylic acids is 2. The Hall–Kier alpha value is -3.63. The molecule has 3 aromatic rings. The zero-order valence-electron chi connectivity index (χ0n) is 23.0. The van der Waals surface area contributed by atoms with Gasteiger partial charge >= 0.3 is 0 Å². The van der Waals surface area contributed by atoms with Crippen LogP contribution < -0.4 is 14.4 Å². The fourth-order valence-corrected chi connectivity index (χ4v) is 5.57. The number of anilines is 1. The van der Waals surface area contributed by atoms with Crippen molar-refractivity contribution in [2.45, 2.75) is 51.2 Å². The van der Waals surface area contributed by atoms with E-state index in [0.717, 1.165) is 9.87 Å². The lowest BCUT2D eigenvalue weighted by Crippen LogP contribution is -2.52. The van der Waals surface area contributed by atoms with Crippen molar-refractivity contribution in [2.24, 2.45) is 0 Å². The minimum Gasteiger partial charge on any atom is -0.495 e. The summed E-state index contributed by atoms with van der Waals surface area (Å²) in [7, 11) is -2.92. The summed E-state index contributed by atoms with van der Waals surface area (Å²) in [4.78, 5) is 28.1. The Bertz CT molecular complexity index is 1450. The number of amides is 2. The first-order chi connectivity index (χ1) is 18.8. The topological polar surface area (TPSA) is 96.0 Å². The molecule has 0 radical (unpaired) electrons. The third-order valence-corrected chi connectivity index (χ3v) is 8.17. The normalized spacial score (nSPS) is 12.1. The van der Waals surface area contributed by atoms with Crippen molar-refractivity contribution in [3.05, 3.63) is 88.7 Å². The zero-order valence-corrected chi connectivity index (χ0v) is 24.6. The monoisotopic (exact) mass is 589 g/mol. The van der Waals surface area contributed by atoms with E-state index in [1.165, 1.54) is 60.5 Å². The molecule has 0 bridgehead atoms. The molecule has 0 heterocycles. The maximum Gasteiger partial charge on any atom is 0.264 e. The van der Waals surface area contributed by atoms with Gasteiger partial charge in [-0.1, -0.05) is 41.4 Å². The van der Waals surface area contributed by atoms with E-state index < -0.39 is 40.2 Å². The maximum absolute atomic E-state index is 14.0. The SMILES string of the molecule is COc1ccc(Cl)cc1N(CC(=O)N(Cc1ccc(F)cc1)[C@@H](C)C(=O)NC(C)C)S(=O)(=O)c1ccc(C)cc1. The number of aryl methyl sites for hydroxylation is 1. The van der Waals surface area contributed by atoms with Gasteiger partial charge in [0.15, 0.2) is 0 Å². The number of benzene rings is 3. The van der Waals surface area contributed by atoms with Gasteiger partial charge in [-0.3, -0.25) is 13.9 Å². The average Bonchev–Trinajstić information content (AvgIpc) is 2.90. The molecule has 0 saturated heterocycles. The highest BCUT2D eigenvalue weighted by molar-refractivity contribution is 7.92. The van der Waals surface area contributed by atoms with Gasteiger partial charge in [0.1, 0.15) is 24.2 Å². The van der Waals surface area contributed by atoms with Crippen molar-refractivity contribution in [3.8, 4) is 5.75 Å². The van der Waals surface area contributed by atoms with Crippen LogP contribution in [0.2, 0.25) is 5.02 Å². The minimum atomic E-state index is -4.30. The molecule has 0 aliphatic rings. The van der Waals surface area contributed by atoms with Gasteiger partial charge in [0.2, 0.25) is 11.8 Å². The molecule has 214 valence electrons. The van der Waals surface area contributed by atoms with Crippen LogP contribution in [0.25, 0.3) is 0 Å². The summed E-state index contributed by atoms with van der Waals surface area (Å²) in [6.45, 7) is 6.24. The third kappa shape index (κ3) is 7.51. The quantitative estimate of drug-likeness (QED) is 0.342. The molecule has 3 rings (SSSR count). The standard InChI is InChI=1S/C29H33ClFN3O5S/c1-19(2)32-29(36)21(4)33(17-22-8-11-24(31)12-9-22)28(35)18-34(26-16-23(30)10-15-27(26)39-5)40(37,38)25-13-6-20(3)7-14-25/h6-16,19,21H,17-18H2,1-5H3,(H,32,36)/t21-/m0/s1. The molecule has 0 spiro atoms. The van der Waals surface area contributed by atoms with E-state index in [1.807, 2.05) is 6.92 Å². The van der Waals surface area contributed by atoms with Gasteiger partial charge in [0.05, 0.1) is 17.7 Å². The number of hydrogen-bond donors (Lipinski definition) is 1. The second-order valence-electron chi connectivity index (χ2n) is 9.63. The third-order valence-electron chi connectivity index (χ3n) is 6.16. The van der Waals surface area contributed by atoms with Crippen LogP contribution in [0.15, 0.2) is 71.6 Å². The van der Waals surface area contributed by atoms with Crippen LogP contribution in [0, 0.1) is 12.7 Å². The Balaban J connectivity index is 2.10. The van der Waals surface area contributed by atoms with Crippen LogP contribution in [0.1, 0.15) is 31.9 Å². The van der Waals surface area contributed by atoms with Crippen LogP contribution in [0.4, 0.5) is 10.1 Å². The molecule has 0 unspecified atom stereocenters. The Morgan fingerprint density at radius 3 is 2.20 bits per heavy atom. The Labute approximate surface area is 239 Å². The first kappa shape index (κ1) is 30.9. The van der Waals surface area contributed by atoms with Crippen molar-refractivity contribution in [1.82, 2.24) is 10.2 Å². The molecule has 8 nitrogen and oxygen atoms in total. The van der Waals surface area contributed by atoms with Crippen LogP contribution in [-0.2, 0) is 26.2 Å². The molecule has 0 saturated carbocycles. The van der Waals surface area contributed by atoms with E-state index in [0.29, 0.717) is 5.56 Å². The highest BCUT2D eigenvalue weighted by Gasteiger charge is 2.34. The van der Waals surface area contributed by atoms with Gasteiger partial charge in [-0.05, 0) is 75.7 Å². The molecule has 0 fully saturated rings. The van der Waals surface area contributed by atoms with E-state index in [9.17, 15) is 22.4 Å². The number of nitrogens with zero attached hydrogens (tertiary/aromatic N) is 2. The van der Waals surface area contributed by atoms with Crippen molar-refractivity contribution in [2.75, 3.05) is 18.0 Å². The van der Waals surface area contributed by atoms with E-state index in [-0.39, 0.29) is 33.9 Å². The van der Waals surface area contributed by atoms with E-state index in [2.05, 4.69) is 5.32 Å². The molecule has 0 aromatic heterocycles. The molecule has 3 aromatic carbocycles. The fraction of sp³-hybridized carbons (Fsp3) is 0.310. The first-order valence-corrected chi connectivity index (χ1v) is 14.4. The highest BCUT2D eigenvalue weighted by atomic mass is 35.5. The van der Waals surface area contributed by atoms with E-state index in [1.54, 1.807) is 39.0 Å². The van der Waals surface area contributed by atoms with Gasteiger partial charge in [0, 0.05) is 17.6 Å². The van der Waals surface area contributed by atoms with Crippen LogP contribution >= 0.6 is 11.6 Å². The van der Waals surface area contributed by atoms with Crippen LogP contribution in [-0.4, -0.2) is 50.9 Å². The van der Waals surface area contributed by atoms with Gasteiger partial charge in [-0.2, -0.15) is 0 Å². The average molecular weight is 590 g/mol. The molecular formula is C29H33ClFN3O5S. The number of sulfonamides is 1. The number of ether oxygens (including phenoxy) is 1. The second-order valence-corrected chi connectivity index (χ2v) is 11.9. The Kier molecular flexibility index (Phi) is 10.2. The predicted octanol–water partition coefficient (Wildman–Crippen LogP) is 4.93. The lowest BCUT2D eigenvalue weighted by atomic mass is 10.1. The molecule has 1 atom stereocenters. The zero-order chi connectivity index (χ0) is 29.6. The lowest BCUT2D eigenvalue weighted by Gasteiger charge is -2.32. The number of rotatable bonds is 11. The van der Waals surface area contributed by atoms with Crippen molar-refractivity contribution >= 4 is 39.1 Å². The van der Waals surface area contributed by atoms with Crippen molar-refractivity contribution in [3.63, 3.8) is 0 Å². The molecule has 40 heavy (non-hydrogen) atoms. The summed E-state index contributed by atoms with van der Waals surface area (Å²) in [6, 6.07) is 15.0. The molecule has 0 aliphatic heterocycles. The summed E-state index contributed by atoms with van der Waals surface area (Å²) in [5, 5.41) is 3.02. The van der Waals surface area contributed by atoms with Gasteiger partial charge < -0.3 is 15.0 Å². The smallest absolute Gasteiger partial charge is 0.264 e. The summed E-state index contributed by atoms with van der Waals surface area (Å²) in [6.07, 6.45) is 0. The summed E-state index contributed by atoms with van der Waals surface area (Å²) >= 11 is 6.24. The second kappa shape index (κ2) is 13.1. The number of carbonyl (C=O) groups is 2. The van der Waals surface area contributed by atoms with E-state index in [4.69, 9.17) is 16.3 Å². The number of halogens is 2. The Morgan fingerprint density at radius 2 is 1.62 bits per heavy atom. The van der Waals surface area contributed by atoms with Gasteiger partial charge in [-0.15, -0.1) is 0 Å². The minimum absolute atomic E-state index is 0.0383. The lowest BCUT2D eigenvalue weighted by molar-refractivity contribution is -0.139.